The fourth-order valence-electron chi connectivity index (χ4n) is 1.25. The van der Waals surface area contributed by atoms with E-state index in [-0.39, 0.29) is 19.1 Å². The molecule has 0 fully saturated rings. The number of unbranched alkanes of at least 4 members (excludes halogenated alkanes) is 1. The summed E-state index contributed by atoms with van der Waals surface area (Å²) in [6, 6.07) is -0.267. The first-order valence-electron chi connectivity index (χ1n) is 5.74. The summed E-state index contributed by atoms with van der Waals surface area (Å²) in [5, 5.41) is 21.2. The van der Waals surface area contributed by atoms with Crippen molar-refractivity contribution < 1.29 is 14.7 Å². The van der Waals surface area contributed by atoms with Gasteiger partial charge in [0.25, 0.3) is 0 Å². The van der Waals surface area contributed by atoms with Gasteiger partial charge in [0.1, 0.15) is 12.2 Å². The number of hydrogen-bond acceptors (Lipinski definition) is 4. The smallest absolute Gasteiger partial charge is 0.325 e. The van der Waals surface area contributed by atoms with E-state index in [0.29, 0.717) is 12.2 Å². The average Bonchev–Trinajstić information content (AvgIpc) is 2.73. The molecule has 0 saturated heterocycles. The van der Waals surface area contributed by atoms with E-state index >= 15 is 0 Å². The molecule has 0 saturated carbocycles. The highest BCUT2D eigenvalue weighted by Crippen LogP contribution is 1.92. The lowest BCUT2D eigenvalue weighted by Crippen LogP contribution is -2.35. The van der Waals surface area contributed by atoms with Gasteiger partial charge in [-0.25, -0.2) is 9.48 Å². The van der Waals surface area contributed by atoms with Crippen LogP contribution in [0, 0.1) is 0 Å². The average molecular weight is 255 g/mol. The summed E-state index contributed by atoms with van der Waals surface area (Å²) < 4.78 is 1.20. The molecule has 0 aliphatic heterocycles. The van der Waals surface area contributed by atoms with Crippen molar-refractivity contribution in [1.82, 2.24) is 25.6 Å². The van der Waals surface area contributed by atoms with Gasteiger partial charge in [-0.3, -0.25) is 4.79 Å². The van der Waals surface area contributed by atoms with Gasteiger partial charge in [0.2, 0.25) is 0 Å². The van der Waals surface area contributed by atoms with Gasteiger partial charge in [-0.15, -0.1) is 5.10 Å². The second-order valence-electron chi connectivity index (χ2n) is 3.76. The number of nitrogens with zero attached hydrogens (tertiary/aromatic N) is 3. The Labute approximate surface area is 104 Å². The molecule has 0 unspecified atom stereocenters. The van der Waals surface area contributed by atoms with Gasteiger partial charge in [-0.05, 0) is 6.42 Å². The van der Waals surface area contributed by atoms with Gasteiger partial charge in [-0.1, -0.05) is 18.6 Å². The molecule has 3 N–H and O–H groups in total. The lowest BCUT2D eigenvalue weighted by molar-refractivity contribution is -0.137. The number of carbonyl (C=O) groups excluding carboxylic acids is 1. The van der Waals surface area contributed by atoms with E-state index in [4.69, 9.17) is 5.11 Å². The molecular weight excluding hydrogens is 238 g/mol. The molecule has 1 aromatic rings. The van der Waals surface area contributed by atoms with Gasteiger partial charge in [0.15, 0.2) is 0 Å². The maximum atomic E-state index is 11.3. The van der Waals surface area contributed by atoms with Gasteiger partial charge in [0.05, 0.1) is 12.7 Å². The minimum absolute atomic E-state index is 0.220. The number of amides is 2. The first-order chi connectivity index (χ1) is 8.61. The molecule has 1 rings (SSSR count). The maximum absolute atomic E-state index is 11.3. The van der Waals surface area contributed by atoms with Crippen LogP contribution >= 0.6 is 0 Å². The van der Waals surface area contributed by atoms with Crippen molar-refractivity contribution >= 4 is 12.0 Å². The summed E-state index contributed by atoms with van der Waals surface area (Å²) in [5.74, 6) is -0.989. The fourth-order valence-corrected chi connectivity index (χ4v) is 1.25. The number of rotatable bonds is 7. The summed E-state index contributed by atoms with van der Waals surface area (Å²) in [6.07, 6.45) is 3.44. The quantitative estimate of drug-likeness (QED) is 0.592. The van der Waals surface area contributed by atoms with Crippen LogP contribution in [0.5, 0.6) is 0 Å². The largest absolute Gasteiger partial charge is 0.480 e. The molecule has 8 heteroatoms. The van der Waals surface area contributed by atoms with Crippen molar-refractivity contribution in [3.05, 3.63) is 11.9 Å². The Kier molecular flexibility index (Phi) is 5.62. The zero-order chi connectivity index (χ0) is 13.4. The maximum Gasteiger partial charge on any atom is 0.325 e. The van der Waals surface area contributed by atoms with E-state index in [1.54, 1.807) is 0 Å². The molecule has 0 aromatic carbocycles. The Bertz CT molecular complexity index is 404. The molecule has 0 aliphatic carbocycles. The van der Waals surface area contributed by atoms with Crippen LogP contribution in [0.2, 0.25) is 0 Å². The molecule has 1 aromatic heterocycles. The molecule has 0 bridgehead atoms. The molecular formula is C10H17N5O3. The van der Waals surface area contributed by atoms with Gasteiger partial charge in [-0.2, -0.15) is 0 Å². The van der Waals surface area contributed by atoms with Crippen molar-refractivity contribution in [2.75, 3.05) is 6.54 Å². The number of carbonyl (C=O) groups is 2. The molecule has 0 aliphatic rings. The third kappa shape index (κ3) is 5.28. The number of nitrogens with one attached hydrogen (secondary N) is 2. The van der Waals surface area contributed by atoms with Crippen molar-refractivity contribution in [3.8, 4) is 0 Å². The fraction of sp³-hybridized carbons (Fsp3) is 0.600. The SMILES string of the molecule is CCCCNC(=O)NCc1cn(CC(=O)O)nn1. The Balaban J connectivity index is 2.28. The summed E-state index contributed by atoms with van der Waals surface area (Å²) in [5.41, 5.74) is 0.516. The third-order valence-corrected chi connectivity index (χ3v) is 2.13. The molecule has 1 heterocycles. The second kappa shape index (κ2) is 7.25. The molecule has 0 radical (unpaired) electrons. The monoisotopic (exact) mass is 255 g/mol. The van der Waals surface area contributed by atoms with Gasteiger partial charge in [0, 0.05) is 6.54 Å². The summed E-state index contributed by atoms with van der Waals surface area (Å²) in [7, 11) is 0. The van der Waals surface area contributed by atoms with Crippen LogP contribution in [0.4, 0.5) is 4.79 Å². The predicted octanol–water partition coefficient (Wildman–Crippen LogP) is -0.0380. The molecule has 100 valence electrons. The Hall–Kier alpha value is -2.12. The van der Waals surface area contributed by atoms with Crippen LogP contribution in [0.15, 0.2) is 6.20 Å². The Morgan fingerprint density at radius 3 is 2.89 bits per heavy atom. The van der Waals surface area contributed by atoms with Crippen molar-refractivity contribution in [1.29, 1.82) is 0 Å². The predicted molar refractivity (Wildman–Crippen MR) is 62.8 cm³/mol. The van der Waals surface area contributed by atoms with E-state index in [1.165, 1.54) is 10.9 Å². The highest BCUT2D eigenvalue weighted by atomic mass is 16.4. The second-order valence-corrected chi connectivity index (χ2v) is 3.76. The summed E-state index contributed by atoms with van der Waals surface area (Å²) in [4.78, 5) is 21.7. The van der Waals surface area contributed by atoms with Crippen LogP contribution < -0.4 is 10.6 Å². The minimum Gasteiger partial charge on any atom is -0.480 e. The number of urea groups is 1. The summed E-state index contributed by atoms with van der Waals surface area (Å²) in [6.45, 7) is 2.65. The van der Waals surface area contributed by atoms with Gasteiger partial charge < -0.3 is 15.7 Å². The first kappa shape index (κ1) is 13.9. The topological polar surface area (TPSA) is 109 Å². The number of hydrogen-bond donors (Lipinski definition) is 3. The van der Waals surface area contributed by atoms with Crippen molar-refractivity contribution in [2.24, 2.45) is 0 Å². The van der Waals surface area contributed by atoms with Crippen molar-refractivity contribution in [3.63, 3.8) is 0 Å². The molecule has 18 heavy (non-hydrogen) atoms. The van der Waals surface area contributed by atoms with Crippen molar-refractivity contribution in [2.45, 2.75) is 32.9 Å². The lowest BCUT2D eigenvalue weighted by atomic mass is 10.3. The zero-order valence-electron chi connectivity index (χ0n) is 10.2. The van der Waals surface area contributed by atoms with Gasteiger partial charge >= 0.3 is 12.0 Å². The van der Waals surface area contributed by atoms with E-state index in [9.17, 15) is 9.59 Å². The van der Waals surface area contributed by atoms with E-state index < -0.39 is 5.97 Å². The highest BCUT2D eigenvalue weighted by molar-refractivity contribution is 5.73. The van der Waals surface area contributed by atoms with E-state index in [2.05, 4.69) is 20.9 Å². The van der Waals surface area contributed by atoms with Crippen LogP contribution in [0.3, 0.4) is 0 Å². The van der Waals surface area contributed by atoms with Crippen LogP contribution in [-0.4, -0.2) is 38.6 Å². The number of aliphatic carboxylic acids is 1. The highest BCUT2D eigenvalue weighted by Gasteiger charge is 2.05. The van der Waals surface area contributed by atoms with E-state index in [0.717, 1.165) is 12.8 Å². The first-order valence-corrected chi connectivity index (χ1v) is 5.74. The van der Waals surface area contributed by atoms with Crippen LogP contribution in [-0.2, 0) is 17.9 Å². The number of carboxylic acids is 1. The molecule has 0 atom stereocenters. The number of carboxylic acid groups (broad SMARTS) is 1. The lowest BCUT2D eigenvalue weighted by Gasteiger charge is -2.04. The normalized spacial score (nSPS) is 10.1. The van der Waals surface area contributed by atoms with E-state index in [1.807, 2.05) is 6.92 Å². The summed E-state index contributed by atoms with van der Waals surface area (Å²) >= 11 is 0. The molecule has 0 spiro atoms. The minimum atomic E-state index is -0.989. The molecule has 8 nitrogen and oxygen atoms in total. The number of aromatic nitrogens is 3. The van der Waals surface area contributed by atoms with Crippen LogP contribution in [0.25, 0.3) is 0 Å². The third-order valence-electron chi connectivity index (χ3n) is 2.13. The standard InChI is InChI=1S/C10H17N5O3/c1-2-3-4-11-10(18)12-5-8-6-15(14-13-8)7-9(16)17/h6H,2-5,7H2,1H3,(H,16,17)(H2,11,12,18). The molecule has 2 amide bonds. The zero-order valence-corrected chi connectivity index (χ0v) is 10.2. The Morgan fingerprint density at radius 1 is 1.44 bits per heavy atom. The van der Waals surface area contributed by atoms with Crippen LogP contribution in [0.1, 0.15) is 25.5 Å². The Morgan fingerprint density at radius 2 is 2.22 bits per heavy atom.